The third-order valence-electron chi connectivity index (χ3n) is 3.94. The molecule has 1 atom stereocenters. The fourth-order valence-corrected chi connectivity index (χ4v) is 2.83. The van der Waals surface area contributed by atoms with Crippen LogP contribution in [0.4, 0.5) is 0 Å². The standard InChI is InChI=1S/C15H23ClN2/c1-4-15(3)11-18(8-7-17-15)10-13-6-5-12(2)9-14(13)16/h5-6,9,17H,4,7-8,10-11H2,1-3H3. The zero-order chi connectivity index (χ0) is 13.2. The quantitative estimate of drug-likeness (QED) is 0.904. The molecule has 1 saturated heterocycles. The first-order chi connectivity index (χ1) is 8.52. The van der Waals surface area contributed by atoms with Gasteiger partial charge in [0, 0.05) is 36.7 Å². The Morgan fingerprint density at radius 2 is 2.22 bits per heavy atom. The molecule has 100 valence electrons. The molecular formula is C15H23ClN2. The van der Waals surface area contributed by atoms with Crippen molar-refractivity contribution in [2.45, 2.75) is 39.3 Å². The Kier molecular flexibility index (Phi) is 4.31. The van der Waals surface area contributed by atoms with E-state index in [4.69, 9.17) is 11.6 Å². The highest BCUT2D eigenvalue weighted by molar-refractivity contribution is 6.31. The number of hydrogen-bond acceptors (Lipinski definition) is 2. The van der Waals surface area contributed by atoms with Crippen molar-refractivity contribution in [3.63, 3.8) is 0 Å². The van der Waals surface area contributed by atoms with Gasteiger partial charge in [-0.2, -0.15) is 0 Å². The Hall–Kier alpha value is -0.570. The summed E-state index contributed by atoms with van der Waals surface area (Å²) >= 11 is 6.31. The van der Waals surface area contributed by atoms with Gasteiger partial charge in [0.25, 0.3) is 0 Å². The second-order valence-corrected chi connectivity index (χ2v) is 6.05. The molecule has 0 aliphatic carbocycles. The van der Waals surface area contributed by atoms with Gasteiger partial charge in [0.1, 0.15) is 0 Å². The molecule has 1 aliphatic rings. The van der Waals surface area contributed by atoms with Crippen LogP contribution in [0.5, 0.6) is 0 Å². The van der Waals surface area contributed by atoms with Crippen LogP contribution in [0, 0.1) is 6.92 Å². The van der Waals surface area contributed by atoms with E-state index >= 15 is 0 Å². The van der Waals surface area contributed by atoms with Gasteiger partial charge < -0.3 is 5.32 Å². The molecule has 18 heavy (non-hydrogen) atoms. The second-order valence-electron chi connectivity index (χ2n) is 5.65. The van der Waals surface area contributed by atoms with E-state index in [-0.39, 0.29) is 5.54 Å². The molecule has 1 aliphatic heterocycles. The van der Waals surface area contributed by atoms with Crippen LogP contribution < -0.4 is 5.32 Å². The van der Waals surface area contributed by atoms with Crippen LogP contribution >= 0.6 is 11.6 Å². The van der Waals surface area contributed by atoms with Crippen molar-refractivity contribution >= 4 is 11.6 Å². The Morgan fingerprint density at radius 1 is 1.44 bits per heavy atom. The average molecular weight is 267 g/mol. The maximum absolute atomic E-state index is 6.31. The van der Waals surface area contributed by atoms with Crippen LogP contribution in [0.3, 0.4) is 0 Å². The van der Waals surface area contributed by atoms with Crippen molar-refractivity contribution < 1.29 is 0 Å². The van der Waals surface area contributed by atoms with Gasteiger partial charge in [-0.05, 0) is 37.5 Å². The zero-order valence-corrected chi connectivity index (χ0v) is 12.3. The van der Waals surface area contributed by atoms with Gasteiger partial charge >= 0.3 is 0 Å². The number of aryl methyl sites for hydroxylation is 1. The molecule has 1 aromatic rings. The molecule has 2 nitrogen and oxygen atoms in total. The number of rotatable bonds is 3. The third-order valence-corrected chi connectivity index (χ3v) is 4.29. The first-order valence-corrected chi connectivity index (χ1v) is 7.12. The Bertz CT molecular complexity index is 419. The van der Waals surface area contributed by atoms with Crippen LogP contribution in [-0.2, 0) is 6.54 Å². The summed E-state index contributed by atoms with van der Waals surface area (Å²) < 4.78 is 0. The van der Waals surface area contributed by atoms with E-state index < -0.39 is 0 Å². The molecule has 1 aromatic carbocycles. The minimum Gasteiger partial charge on any atom is -0.309 e. The number of nitrogens with zero attached hydrogens (tertiary/aromatic N) is 1. The first-order valence-electron chi connectivity index (χ1n) is 6.75. The zero-order valence-electron chi connectivity index (χ0n) is 11.6. The van der Waals surface area contributed by atoms with Gasteiger partial charge in [-0.1, -0.05) is 30.7 Å². The number of benzene rings is 1. The van der Waals surface area contributed by atoms with Crippen LogP contribution in [-0.4, -0.2) is 30.1 Å². The van der Waals surface area contributed by atoms with Crippen LogP contribution in [0.1, 0.15) is 31.4 Å². The monoisotopic (exact) mass is 266 g/mol. The highest BCUT2D eigenvalue weighted by atomic mass is 35.5. The lowest BCUT2D eigenvalue weighted by Gasteiger charge is -2.41. The van der Waals surface area contributed by atoms with Crippen molar-refractivity contribution in [3.05, 3.63) is 34.3 Å². The van der Waals surface area contributed by atoms with Crippen molar-refractivity contribution in [3.8, 4) is 0 Å². The van der Waals surface area contributed by atoms with Crippen LogP contribution in [0.2, 0.25) is 5.02 Å². The first kappa shape index (κ1) is 13.9. The Morgan fingerprint density at radius 3 is 2.89 bits per heavy atom. The lowest BCUT2D eigenvalue weighted by atomic mass is 9.95. The number of piperazine rings is 1. The molecule has 2 rings (SSSR count). The molecule has 1 heterocycles. The van der Waals surface area contributed by atoms with Crippen molar-refractivity contribution in [2.75, 3.05) is 19.6 Å². The Balaban J connectivity index is 2.05. The minimum atomic E-state index is 0.245. The minimum absolute atomic E-state index is 0.245. The molecule has 0 amide bonds. The molecule has 1 unspecified atom stereocenters. The summed E-state index contributed by atoms with van der Waals surface area (Å²) in [7, 11) is 0. The molecule has 0 spiro atoms. The van der Waals surface area contributed by atoms with Crippen molar-refractivity contribution in [1.29, 1.82) is 0 Å². The van der Waals surface area contributed by atoms with E-state index in [0.717, 1.165) is 37.6 Å². The fourth-order valence-electron chi connectivity index (χ4n) is 2.54. The molecular weight excluding hydrogens is 244 g/mol. The molecule has 3 heteroatoms. The van der Waals surface area contributed by atoms with Crippen LogP contribution in [0.15, 0.2) is 18.2 Å². The summed E-state index contributed by atoms with van der Waals surface area (Å²) in [5.74, 6) is 0. The summed E-state index contributed by atoms with van der Waals surface area (Å²) in [4.78, 5) is 2.50. The summed E-state index contributed by atoms with van der Waals surface area (Å²) in [5.41, 5.74) is 2.71. The third kappa shape index (κ3) is 3.25. The number of halogens is 1. The maximum atomic E-state index is 6.31. The SMILES string of the molecule is CCC1(C)CN(Cc2ccc(C)cc2Cl)CCN1. The van der Waals surface area contributed by atoms with E-state index in [1.54, 1.807) is 0 Å². The van der Waals surface area contributed by atoms with Gasteiger partial charge in [0.05, 0.1) is 0 Å². The lowest BCUT2D eigenvalue weighted by molar-refractivity contribution is 0.134. The van der Waals surface area contributed by atoms with Gasteiger partial charge in [-0.15, -0.1) is 0 Å². The second kappa shape index (κ2) is 5.60. The molecule has 0 radical (unpaired) electrons. The van der Waals surface area contributed by atoms with Gasteiger partial charge in [-0.25, -0.2) is 0 Å². The summed E-state index contributed by atoms with van der Waals surface area (Å²) in [6.45, 7) is 10.8. The summed E-state index contributed by atoms with van der Waals surface area (Å²) in [5, 5.41) is 4.51. The largest absolute Gasteiger partial charge is 0.309 e. The summed E-state index contributed by atoms with van der Waals surface area (Å²) in [6, 6.07) is 6.35. The van der Waals surface area contributed by atoms with E-state index in [2.05, 4.69) is 49.2 Å². The highest BCUT2D eigenvalue weighted by Gasteiger charge is 2.28. The van der Waals surface area contributed by atoms with E-state index in [9.17, 15) is 0 Å². The smallest absolute Gasteiger partial charge is 0.0453 e. The molecule has 1 fully saturated rings. The lowest BCUT2D eigenvalue weighted by Crippen LogP contribution is -2.58. The maximum Gasteiger partial charge on any atom is 0.0453 e. The average Bonchev–Trinajstić information content (AvgIpc) is 2.33. The van der Waals surface area contributed by atoms with Gasteiger partial charge in [-0.3, -0.25) is 4.90 Å². The Labute approximate surface area is 115 Å². The molecule has 0 aromatic heterocycles. The van der Waals surface area contributed by atoms with E-state index in [1.807, 2.05) is 0 Å². The number of hydrogen-bond donors (Lipinski definition) is 1. The number of nitrogens with one attached hydrogen (secondary N) is 1. The van der Waals surface area contributed by atoms with E-state index in [0.29, 0.717) is 0 Å². The van der Waals surface area contributed by atoms with Crippen molar-refractivity contribution in [2.24, 2.45) is 0 Å². The molecule has 1 N–H and O–H groups in total. The van der Waals surface area contributed by atoms with Crippen molar-refractivity contribution in [1.82, 2.24) is 10.2 Å². The molecule has 0 saturated carbocycles. The highest BCUT2D eigenvalue weighted by Crippen LogP contribution is 2.22. The predicted octanol–water partition coefficient (Wildman–Crippen LogP) is 3.22. The fraction of sp³-hybridized carbons (Fsp3) is 0.600. The molecule has 0 bridgehead atoms. The topological polar surface area (TPSA) is 15.3 Å². The normalized spacial score (nSPS) is 25.3. The summed E-state index contributed by atoms with van der Waals surface area (Å²) in [6.07, 6.45) is 1.16. The van der Waals surface area contributed by atoms with E-state index in [1.165, 1.54) is 11.1 Å². The predicted molar refractivity (Wildman–Crippen MR) is 78.2 cm³/mol. The van der Waals surface area contributed by atoms with Gasteiger partial charge in [0.2, 0.25) is 0 Å². The van der Waals surface area contributed by atoms with Crippen LogP contribution in [0.25, 0.3) is 0 Å². The van der Waals surface area contributed by atoms with Gasteiger partial charge in [0.15, 0.2) is 0 Å².